The molecule has 2 heterocycles. The van der Waals surface area contributed by atoms with Crippen LogP contribution < -0.4 is 10.6 Å². The first kappa shape index (κ1) is 18.6. The molecule has 0 aliphatic carbocycles. The molecule has 3 rings (SSSR count). The van der Waals surface area contributed by atoms with Gasteiger partial charge in [-0.05, 0) is 32.4 Å². The van der Waals surface area contributed by atoms with E-state index < -0.39 is 12.1 Å². The molecule has 0 bridgehead atoms. The van der Waals surface area contributed by atoms with E-state index in [4.69, 9.17) is 0 Å². The Bertz CT molecular complexity index is 875. The quantitative estimate of drug-likeness (QED) is 0.753. The average Bonchev–Trinajstić information content (AvgIpc) is 3.12. The minimum absolute atomic E-state index is 0.0878. The topological polar surface area (TPSA) is 96.3 Å². The number of para-hydroxylation sites is 1. The number of carbonyl (C=O) groups excluding carboxylic acids is 3. The van der Waals surface area contributed by atoms with E-state index in [9.17, 15) is 14.4 Å². The Labute approximate surface area is 157 Å². The Kier molecular flexibility index (Phi) is 5.25. The van der Waals surface area contributed by atoms with Gasteiger partial charge < -0.3 is 10.2 Å². The van der Waals surface area contributed by atoms with E-state index in [1.807, 2.05) is 48.9 Å². The fourth-order valence-electron chi connectivity index (χ4n) is 3.17. The van der Waals surface area contributed by atoms with Crippen LogP contribution in [0.3, 0.4) is 0 Å². The van der Waals surface area contributed by atoms with Crippen LogP contribution in [0.1, 0.15) is 29.8 Å². The van der Waals surface area contributed by atoms with Crippen molar-refractivity contribution in [2.24, 2.45) is 0 Å². The number of aryl methyl sites for hydroxylation is 1. The Morgan fingerprint density at radius 1 is 1.22 bits per heavy atom. The number of hydrogen-bond acceptors (Lipinski definition) is 4. The van der Waals surface area contributed by atoms with E-state index in [2.05, 4.69) is 15.7 Å². The molecule has 1 aromatic carbocycles. The average molecular weight is 369 g/mol. The molecule has 0 spiro atoms. The summed E-state index contributed by atoms with van der Waals surface area (Å²) in [6, 6.07) is 8.69. The van der Waals surface area contributed by atoms with Gasteiger partial charge in [0.2, 0.25) is 5.91 Å². The summed E-state index contributed by atoms with van der Waals surface area (Å²) in [5, 5.41) is 9.27. The number of nitrogens with zero attached hydrogens (tertiary/aromatic N) is 3. The number of benzene rings is 1. The zero-order chi connectivity index (χ0) is 19.6. The molecule has 4 amide bonds. The molecule has 0 unspecified atom stereocenters. The number of nitrogens with one attached hydrogen (secondary N) is 2. The van der Waals surface area contributed by atoms with Gasteiger partial charge >= 0.3 is 6.03 Å². The van der Waals surface area contributed by atoms with E-state index in [1.54, 1.807) is 11.9 Å². The molecule has 0 radical (unpaired) electrons. The lowest BCUT2D eigenvalue weighted by atomic mass is 10.1. The molecule has 1 fully saturated rings. The van der Waals surface area contributed by atoms with Gasteiger partial charge in [0.05, 0.1) is 11.4 Å². The monoisotopic (exact) mass is 369 g/mol. The SMILES string of the molecule is Cc1nn(-c2ccccc2)c(C)c1CN(C)C(=O)CC[C@@H]1NC(=O)NC1=O. The molecule has 27 heavy (non-hydrogen) atoms. The van der Waals surface area contributed by atoms with E-state index >= 15 is 0 Å². The Balaban J connectivity index is 1.64. The second-order valence-electron chi connectivity index (χ2n) is 6.70. The standard InChI is InChI=1S/C19H23N5O3/c1-12-15(13(2)24(22-12)14-7-5-4-6-8-14)11-23(3)17(25)10-9-16-18(26)21-19(27)20-16/h4-8,16H,9-11H2,1-3H3,(H2,20,21,26,27)/t16-/m0/s1. The van der Waals surface area contributed by atoms with Crippen LogP contribution in [0.2, 0.25) is 0 Å². The van der Waals surface area contributed by atoms with Crippen LogP contribution in [0, 0.1) is 13.8 Å². The van der Waals surface area contributed by atoms with Gasteiger partial charge in [-0.15, -0.1) is 0 Å². The van der Waals surface area contributed by atoms with Gasteiger partial charge in [-0.1, -0.05) is 18.2 Å². The highest BCUT2D eigenvalue weighted by atomic mass is 16.2. The summed E-state index contributed by atoms with van der Waals surface area (Å²) in [5.74, 6) is -0.471. The fourth-order valence-corrected chi connectivity index (χ4v) is 3.17. The summed E-state index contributed by atoms with van der Waals surface area (Å²) < 4.78 is 1.88. The molecule has 1 aromatic heterocycles. The van der Waals surface area contributed by atoms with Gasteiger partial charge in [0.25, 0.3) is 5.91 Å². The van der Waals surface area contributed by atoms with Gasteiger partial charge in [-0.2, -0.15) is 5.10 Å². The fraction of sp³-hybridized carbons (Fsp3) is 0.368. The molecule has 8 nitrogen and oxygen atoms in total. The maximum atomic E-state index is 12.4. The van der Waals surface area contributed by atoms with Gasteiger partial charge in [-0.25, -0.2) is 9.48 Å². The Hall–Kier alpha value is -3.16. The minimum Gasteiger partial charge on any atom is -0.341 e. The molecule has 2 aromatic rings. The zero-order valence-electron chi connectivity index (χ0n) is 15.7. The number of amides is 4. The number of urea groups is 1. The second-order valence-corrected chi connectivity index (χ2v) is 6.70. The van der Waals surface area contributed by atoms with Crippen molar-refractivity contribution in [1.82, 2.24) is 25.3 Å². The van der Waals surface area contributed by atoms with Crippen LogP contribution in [0.5, 0.6) is 0 Å². The Morgan fingerprint density at radius 2 is 1.93 bits per heavy atom. The minimum atomic E-state index is -0.640. The number of aromatic nitrogens is 2. The van der Waals surface area contributed by atoms with Crippen molar-refractivity contribution in [2.75, 3.05) is 7.05 Å². The smallest absolute Gasteiger partial charge is 0.322 e. The third kappa shape index (κ3) is 3.99. The number of rotatable bonds is 6. The molecule has 0 saturated carbocycles. The number of imide groups is 1. The summed E-state index contributed by atoms with van der Waals surface area (Å²) >= 11 is 0. The van der Waals surface area contributed by atoms with Crippen LogP contribution in [0.4, 0.5) is 4.79 Å². The lowest BCUT2D eigenvalue weighted by Crippen LogP contribution is -2.32. The summed E-state index contributed by atoms with van der Waals surface area (Å²) in [5.41, 5.74) is 3.84. The second kappa shape index (κ2) is 7.61. The first-order valence-corrected chi connectivity index (χ1v) is 8.82. The van der Waals surface area contributed by atoms with Crippen LogP contribution in [-0.4, -0.2) is 45.6 Å². The first-order chi connectivity index (χ1) is 12.9. The van der Waals surface area contributed by atoms with Crippen LogP contribution in [0.25, 0.3) is 5.69 Å². The van der Waals surface area contributed by atoms with Gasteiger partial charge in [-0.3, -0.25) is 14.9 Å². The third-order valence-corrected chi connectivity index (χ3v) is 4.77. The molecular weight excluding hydrogens is 346 g/mol. The molecular formula is C19H23N5O3. The summed E-state index contributed by atoms with van der Waals surface area (Å²) in [4.78, 5) is 36.8. The van der Waals surface area contributed by atoms with E-state index in [0.29, 0.717) is 6.54 Å². The molecule has 1 aliphatic rings. The first-order valence-electron chi connectivity index (χ1n) is 8.82. The summed E-state index contributed by atoms with van der Waals surface area (Å²) in [6.07, 6.45) is 0.460. The predicted molar refractivity (Wildman–Crippen MR) is 99.2 cm³/mol. The highest BCUT2D eigenvalue weighted by molar-refractivity contribution is 6.04. The van der Waals surface area contributed by atoms with Gasteiger partial charge in [0.15, 0.2) is 0 Å². The van der Waals surface area contributed by atoms with Gasteiger partial charge in [0.1, 0.15) is 6.04 Å². The van der Waals surface area contributed by atoms with Crippen molar-refractivity contribution in [2.45, 2.75) is 39.3 Å². The van der Waals surface area contributed by atoms with E-state index in [1.165, 1.54) is 0 Å². The van der Waals surface area contributed by atoms with Crippen molar-refractivity contribution in [3.8, 4) is 5.69 Å². The van der Waals surface area contributed by atoms with Gasteiger partial charge in [0, 0.05) is 31.3 Å². The van der Waals surface area contributed by atoms with Crippen molar-refractivity contribution in [3.05, 3.63) is 47.3 Å². The normalized spacial score (nSPS) is 16.2. The largest absolute Gasteiger partial charge is 0.341 e. The number of hydrogen-bond donors (Lipinski definition) is 2. The van der Waals surface area contributed by atoms with Crippen molar-refractivity contribution in [3.63, 3.8) is 0 Å². The van der Waals surface area contributed by atoms with Crippen LogP contribution >= 0.6 is 0 Å². The summed E-state index contributed by atoms with van der Waals surface area (Å²) in [7, 11) is 1.73. The molecule has 1 saturated heterocycles. The molecule has 2 N–H and O–H groups in total. The highest BCUT2D eigenvalue weighted by Gasteiger charge is 2.30. The maximum Gasteiger partial charge on any atom is 0.322 e. The van der Waals surface area contributed by atoms with Crippen LogP contribution in [0.15, 0.2) is 30.3 Å². The predicted octanol–water partition coefficient (Wildman–Crippen LogP) is 1.44. The van der Waals surface area contributed by atoms with E-state index in [0.717, 1.165) is 22.6 Å². The van der Waals surface area contributed by atoms with Crippen molar-refractivity contribution < 1.29 is 14.4 Å². The molecule has 142 valence electrons. The molecule has 1 atom stereocenters. The van der Waals surface area contributed by atoms with Crippen LogP contribution in [-0.2, 0) is 16.1 Å². The zero-order valence-corrected chi connectivity index (χ0v) is 15.7. The Morgan fingerprint density at radius 3 is 2.56 bits per heavy atom. The third-order valence-electron chi connectivity index (χ3n) is 4.77. The van der Waals surface area contributed by atoms with E-state index in [-0.39, 0.29) is 24.7 Å². The van der Waals surface area contributed by atoms with Crippen molar-refractivity contribution in [1.29, 1.82) is 0 Å². The lowest BCUT2D eigenvalue weighted by Gasteiger charge is -2.18. The lowest BCUT2D eigenvalue weighted by molar-refractivity contribution is -0.130. The summed E-state index contributed by atoms with van der Waals surface area (Å²) in [6.45, 7) is 4.35. The molecule has 8 heteroatoms. The van der Waals surface area contributed by atoms with Crippen molar-refractivity contribution >= 4 is 17.8 Å². The maximum absolute atomic E-state index is 12.4. The highest BCUT2D eigenvalue weighted by Crippen LogP contribution is 2.19. The number of carbonyl (C=O) groups is 3. The molecule has 1 aliphatic heterocycles.